The molecule has 2 aliphatic rings. The molecule has 0 bridgehead atoms. The van der Waals surface area contributed by atoms with Gasteiger partial charge in [-0.1, -0.05) is 24.5 Å². The van der Waals surface area contributed by atoms with Gasteiger partial charge in [0.15, 0.2) is 0 Å². The highest BCUT2D eigenvalue weighted by molar-refractivity contribution is 5.77. The lowest BCUT2D eigenvalue weighted by atomic mass is 9.64. The van der Waals surface area contributed by atoms with Crippen LogP contribution in [0.15, 0.2) is 11.6 Å². The van der Waals surface area contributed by atoms with Crippen LogP contribution in [0, 0.1) is 11.3 Å². The minimum absolute atomic E-state index is 0.0372. The molecule has 17 heavy (non-hydrogen) atoms. The second-order valence-corrected chi connectivity index (χ2v) is 5.44. The summed E-state index contributed by atoms with van der Waals surface area (Å²) in [5, 5.41) is 9.91. The zero-order chi connectivity index (χ0) is 12.5. The van der Waals surface area contributed by atoms with Crippen LogP contribution in [-0.4, -0.2) is 23.8 Å². The minimum Gasteiger partial charge on any atom is -0.466 e. The zero-order valence-electron chi connectivity index (χ0n) is 10.7. The summed E-state index contributed by atoms with van der Waals surface area (Å²) in [7, 11) is 0. The molecule has 0 heterocycles. The third-order valence-corrected chi connectivity index (χ3v) is 4.26. The monoisotopic (exact) mass is 238 g/mol. The molecule has 2 rings (SSSR count). The molecule has 1 spiro atoms. The molecule has 96 valence electrons. The number of carbonyl (C=O) groups excluding carboxylic acids is 1. The summed E-state index contributed by atoms with van der Waals surface area (Å²) < 4.78 is 5.21. The van der Waals surface area contributed by atoms with Crippen LogP contribution in [0.4, 0.5) is 0 Å². The summed E-state index contributed by atoms with van der Waals surface area (Å²) in [5.74, 6) is -0.233. The van der Waals surface area contributed by atoms with Crippen molar-refractivity contribution < 1.29 is 14.6 Å². The maximum Gasteiger partial charge on any atom is 0.313 e. The maximum atomic E-state index is 12.1. The van der Waals surface area contributed by atoms with E-state index in [0.29, 0.717) is 13.0 Å². The Kier molecular flexibility index (Phi) is 3.57. The van der Waals surface area contributed by atoms with Crippen LogP contribution in [0.1, 0.15) is 46.0 Å². The lowest BCUT2D eigenvalue weighted by Crippen LogP contribution is -2.41. The topological polar surface area (TPSA) is 46.5 Å². The Labute approximate surface area is 103 Å². The summed E-state index contributed by atoms with van der Waals surface area (Å²) in [6, 6.07) is 0. The molecule has 3 nitrogen and oxygen atoms in total. The quantitative estimate of drug-likeness (QED) is 0.593. The molecule has 1 saturated carbocycles. The molecule has 0 aliphatic heterocycles. The van der Waals surface area contributed by atoms with Gasteiger partial charge >= 0.3 is 5.97 Å². The summed E-state index contributed by atoms with van der Waals surface area (Å²) in [4.78, 5) is 12.1. The Balaban J connectivity index is 2.29. The van der Waals surface area contributed by atoms with Gasteiger partial charge in [-0.3, -0.25) is 4.79 Å². The van der Waals surface area contributed by atoms with E-state index in [9.17, 15) is 9.90 Å². The van der Waals surface area contributed by atoms with Gasteiger partial charge in [-0.15, -0.1) is 0 Å². The van der Waals surface area contributed by atoms with Crippen molar-refractivity contribution in [2.45, 2.75) is 52.1 Å². The number of ether oxygens (including phenoxy) is 1. The van der Waals surface area contributed by atoms with E-state index in [2.05, 4.69) is 0 Å². The summed E-state index contributed by atoms with van der Waals surface area (Å²) in [6.07, 6.45) is 6.56. The van der Waals surface area contributed by atoms with Crippen molar-refractivity contribution in [3.63, 3.8) is 0 Å². The highest BCUT2D eigenvalue weighted by Gasteiger charge is 2.49. The normalized spacial score (nSPS) is 31.4. The molecule has 1 fully saturated rings. The Morgan fingerprint density at radius 1 is 1.53 bits per heavy atom. The predicted molar refractivity (Wildman–Crippen MR) is 65.4 cm³/mol. The first-order valence-corrected chi connectivity index (χ1v) is 6.62. The third kappa shape index (κ3) is 2.25. The van der Waals surface area contributed by atoms with Gasteiger partial charge in [0.25, 0.3) is 0 Å². The van der Waals surface area contributed by atoms with Crippen LogP contribution < -0.4 is 0 Å². The molecule has 0 aromatic rings. The van der Waals surface area contributed by atoms with Crippen molar-refractivity contribution >= 4 is 5.97 Å². The largest absolute Gasteiger partial charge is 0.466 e. The van der Waals surface area contributed by atoms with Crippen molar-refractivity contribution in [1.29, 1.82) is 0 Å². The van der Waals surface area contributed by atoms with Crippen LogP contribution in [0.5, 0.6) is 0 Å². The minimum atomic E-state index is -0.390. The van der Waals surface area contributed by atoms with E-state index in [4.69, 9.17) is 4.74 Å². The first-order valence-electron chi connectivity index (χ1n) is 6.62. The molecule has 0 aromatic carbocycles. The Morgan fingerprint density at radius 2 is 2.18 bits per heavy atom. The van der Waals surface area contributed by atoms with Gasteiger partial charge in [0.1, 0.15) is 0 Å². The molecule has 2 aliphatic carbocycles. The second kappa shape index (κ2) is 4.81. The number of esters is 1. The van der Waals surface area contributed by atoms with E-state index in [1.807, 2.05) is 19.9 Å². The van der Waals surface area contributed by atoms with Crippen LogP contribution in [0.3, 0.4) is 0 Å². The van der Waals surface area contributed by atoms with Crippen molar-refractivity contribution in [2.75, 3.05) is 6.61 Å². The molecule has 2 atom stereocenters. The second-order valence-electron chi connectivity index (χ2n) is 5.44. The van der Waals surface area contributed by atoms with E-state index in [-0.39, 0.29) is 17.3 Å². The standard InChI is InChI=1S/C14H22O3/c1-3-17-13(16)12-10(2)8-11(15)9-14(12)6-4-5-7-14/h8,11-12,15H,3-7,9H2,1-2H3/t11-,12+/m0/s1. The molecule has 0 aromatic heterocycles. The molecular formula is C14H22O3. The van der Waals surface area contributed by atoms with E-state index in [1.54, 1.807) is 0 Å². The van der Waals surface area contributed by atoms with Crippen molar-refractivity contribution in [3.8, 4) is 0 Å². The molecule has 0 amide bonds. The third-order valence-electron chi connectivity index (χ3n) is 4.26. The van der Waals surface area contributed by atoms with Crippen LogP contribution in [0.25, 0.3) is 0 Å². The van der Waals surface area contributed by atoms with Gasteiger partial charge in [0.2, 0.25) is 0 Å². The van der Waals surface area contributed by atoms with Gasteiger partial charge in [0.05, 0.1) is 18.6 Å². The predicted octanol–water partition coefficient (Wildman–Crippen LogP) is 2.44. The summed E-state index contributed by atoms with van der Waals surface area (Å²) >= 11 is 0. The fraction of sp³-hybridized carbons (Fsp3) is 0.786. The fourth-order valence-electron chi connectivity index (χ4n) is 3.71. The number of aliphatic hydroxyl groups is 1. The Bertz CT molecular complexity index is 326. The highest BCUT2D eigenvalue weighted by Crippen LogP contribution is 2.53. The van der Waals surface area contributed by atoms with Crippen molar-refractivity contribution in [1.82, 2.24) is 0 Å². The van der Waals surface area contributed by atoms with Gasteiger partial charge in [0, 0.05) is 0 Å². The van der Waals surface area contributed by atoms with E-state index < -0.39 is 6.10 Å². The molecule has 0 saturated heterocycles. The smallest absolute Gasteiger partial charge is 0.313 e. The van der Waals surface area contributed by atoms with Gasteiger partial charge < -0.3 is 9.84 Å². The van der Waals surface area contributed by atoms with Gasteiger partial charge in [-0.2, -0.15) is 0 Å². The fourth-order valence-corrected chi connectivity index (χ4v) is 3.71. The maximum absolute atomic E-state index is 12.1. The zero-order valence-corrected chi connectivity index (χ0v) is 10.7. The Morgan fingerprint density at radius 3 is 2.76 bits per heavy atom. The lowest BCUT2D eigenvalue weighted by molar-refractivity contribution is -0.152. The average molecular weight is 238 g/mol. The van der Waals surface area contributed by atoms with Crippen LogP contribution in [0.2, 0.25) is 0 Å². The first kappa shape index (κ1) is 12.6. The number of aliphatic hydroxyl groups excluding tert-OH is 1. The summed E-state index contributed by atoms with van der Waals surface area (Å²) in [5.41, 5.74) is 0.953. The number of rotatable bonds is 2. The average Bonchev–Trinajstić information content (AvgIpc) is 2.65. The molecule has 0 radical (unpaired) electrons. The molecule has 0 unspecified atom stereocenters. The Hall–Kier alpha value is -0.830. The molecule has 3 heteroatoms. The number of hydrogen-bond donors (Lipinski definition) is 1. The van der Waals surface area contributed by atoms with E-state index in [0.717, 1.165) is 31.3 Å². The van der Waals surface area contributed by atoms with Gasteiger partial charge in [-0.25, -0.2) is 0 Å². The van der Waals surface area contributed by atoms with Crippen LogP contribution in [-0.2, 0) is 9.53 Å². The summed E-state index contributed by atoms with van der Waals surface area (Å²) in [6.45, 7) is 4.22. The molecule has 1 N–H and O–H groups in total. The molecular weight excluding hydrogens is 216 g/mol. The van der Waals surface area contributed by atoms with E-state index in [1.165, 1.54) is 0 Å². The first-order chi connectivity index (χ1) is 8.09. The van der Waals surface area contributed by atoms with Crippen molar-refractivity contribution in [3.05, 3.63) is 11.6 Å². The lowest BCUT2D eigenvalue weighted by Gasteiger charge is -2.41. The van der Waals surface area contributed by atoms with Gasteiger partial charge in [-0.05, 0) is 38.5 Å². The van der Waals surface area contributed by atoms with Crippen LogP contribution >= 0.6 is 0 Å². The highest BCUT2D eigenvalue weighted by atomic mass is 16.5. The number of hydrogen-bond acceptors (Lipinski definition) is 3. The van der Waals surface area contributed by atoms with Crippen molar-refractivity contribution in [2.24, 2.45) is 11.3 Å². The SMILES string of the molecule is CCOC(=O)[C@H]1C(C)=C[C@H](O)CC12CCCC2. The number of carbonyl (C=O) groups is 1. The van der Waals surface area contributed by atoms with E-state index >= 15 is 0 Å².